The van der Waals surface area contributed by atoms with E-state index in [1.807, 2.05) is 30.0 Å². The van der Waals surface area contributed by atoms with Crippen molar-refractivity contribution in [3.8, 4) is 0 Å². The summed E-state index contributed by atoms with van der Waals surface area (Å²) in [6.07, 6.45) is 1.53. The predicted octanol–water partition coefficient (Wildman–Crippen LogP) is 2.77. The fraction of sp³-hybridized carbons (Fsp3) is 0.462. The van der Waals surface area contributed by atoms with Gasteiger partial charge in [-0.25, -0.2) is 0 Å². The van der Waals surface area contributed by atoms with Gasteiger partial charge in [0.25, 0.3) is 0 Å². The summed E-state index contributed by atoms with van der Waals surface area (Å²) in [6, 6.07) is 10.3. The van der Waals surface area contributed by atoms with Crippen molar-refractivity contribution in [2.75, 3.05) is 19.0 Å². The Morgan fingerprint density at radius 2 is 2.12 bits per heavy atom. The Morgan fingerprint density at radius 3 is 2.88 bits per heavy atom. The zero-order chi connectivity index (χ0) is 11.2. The SMILES string of the molecule is O=C1CCOCC1CCSc1ccccc1. The smallest absolute Gasteiger partial charge is 0.140 e. The van der Waals surface area contributed by atoms with Crippen LogP contribution in [0.5, 0.6) is 0 Å². The molecule has 2 nitrogen and oxygen atoms in total. The molecule has 0 aliphatic carbocycles. The first-order valence-corrected chi connectivity index (χ1v) is 6.63. The van der Waals surface area contributed by atoms with Gasteiger partial charge < -0.3 is 4.74 Å². The molecule has 0 bridgehead atoms. The number of hydrogen-bond donors (Lipinski definition) is 0. The van der Waals surface area contributed by atoms with Crippen LogP contribution in [0.15, 0.2) is 35.2 Å². The van der Waals surface area contributed by atoms with Gasteiger partial charge in [-0.05, 0) is 24.3 Å². The van der Waals surface area contributed by atoms with Crippen molar-refractivity contribution in [3.05, 3.63) is 30.3 Å². The molecule has 1 aromatic carbocycles. The highest BCUT2D eigenvalue weighted by Crippen LogP contribution is 2.22. The molecule has 0 N–H and O–H groups in total. The molecule has 1 fully saturated rings. The van der Waals surface area contributed by atoms with E-state index in [9.17, 15) is 4.79 Å². The van der Waals surface area contributed by atoms with Crippen molar-refractivity contribution < 1.29 is 9.53 Å². The highest BCUT2D eigenvalue weighted by atomic mass is 32.2. The number of hydrogen-bond acceptors (Lipinski definition) is 3. The summed E-state index contributed by atoms with van der Waals surface area (Å²) in [7, 11) is 0. The molecule has 1 unspecified atom stereocenters. The average Bonchev–Trinajstić information content (AvgIpc) is 2.33. The van der Waals surface area contributed by atoms with Crippen LogP contribution < -0.4 is 0 Å². The summed E-state index contributed by atoms with van der Waals surface area (Å²) in [4.78, 5) is 12.8. The Balaban J connectivity index is 1.73. The molecule has 3 heteroatoms. The lowest BCUT2D eigenvalue weighted by molar-refractivity contribution is -0.130. The summed E-state index contributed by atoms with van der Waals surface area (Å²) in [5, 5.41) is 0. The fourth-order valence-electron chi connectivity index (χ4n) is 1.78. The number of benzene rings is 1. The van der Waals surface area contributed by atoms with E-state index in [2.05, 4.69) is 12.1 Å². The van der Waals surface area contributed by atoms with E-state index in [1.54, 1.807) is 0 Å². The van der Waals surface area contributed by atoms with Gasteiger partial charge in [-0.15, -0.1) is 11.8 Å². The van der Waals surface area contributed by atoms with Crippen LogP contribution in [0.25, 0.3) is 0 Å². The Labute approximate surface area is 100 Å². The van der Waals surface area contributed by atoms with Crippen LogP contribution in [0, 0.1) is 5.92 Å². The molecule has 1 heterocycles. The van der Waals surface area contributed by atoms with Crippen LogP contribution in [-0.4, -0.2) is 24.7 Å². The molecule has 1 aromatic rings. The standard InChI is InChI=1S/C13H16O2S/c14-13-6-8-15-10-11(13)7-9-16-12-4-2-1-3-5-12/h1-5,11H,6-10H2. The van der Waals surface area contributed by atoms with E-state index in [4.69, 9.17) is 4.74 Å². The molecule has 1 aliphatic rings. The minimum Gasteiger partial charge on any atom is -0.380 e. The molecule has 86 valence electrons. The Hall–Kier alpha value is -0.800. The maximum absolute atomic E-state index is 11.5. The minimum atomic E-state index is 0.130. The van der Waals surface area contributed by atoms with Crippen molar-refractivity contribution in [2.24, 2.45) is 5.92 Å². The number of carbonyl (C=O) groups is 1. The number of Topliss-reactive ketones (excluding diaryl/α,β-unsaturated/α-hetero) is 1. The van der Waals surface area contributed by atoms with E-state index in [1.165, 1.54) is 4.90 Å². The van der Waals surface area contributed by atoms with Crippen LogP contribution in [-0.2, 0) is 9.53 Å². The van der Waals surface area contributed by atoms with Crippen molar-refractivity contribution in [1.29, 1.82) is 0 Å². The van der Waals surface area contributed by atoms with Gasteiger partial charge in [0.2, 0.25) is 0 Å². The van der Waals surface area contributed by atoms with Crippen LogP contribution >= 0.6 is 11.8 Å². The highest BCUT2D eigenvalue weighted by molar-refractivity contribution is 7.99. The van der Waals surface area contributed by atoms with Crippen molar-refractivity contribution in [1.82, 2.24) is 0 Å². The topological polar surface area (TPSA) is 26.3 Å². The lowest BCUT2D eigenvalue weighted by atomic mass is 9.98. The second-order valence-electron chi connectivity index (χ2n) is 3.94. The fourth-order valence-corrected chi connectivity index (χ4v) is 2.76. The van der Waals surface area contributed by atoms with Crippen LogP contribution in [0.1, 0.15) is 12.8 Å². The van der Waals surface area contributed by atoms with Crippen molar-refractivity contribution in [3.63, 3.8) is 0 Å². The zero-order valence-electron chi connectivity index (χ0n) is 9.22. The molecule has 1 atom stereocenters. The normalized spacial score (nSPS) is 21.0. The Kier molecular flexibility index (Phi) is 4.43. The van der Waals surface area contributed by atoms with Crippen LogP contribution in [0.2, 0.25) is 0 Å². The first-order chi connectivity index (χ1) is 7.86. The second-order valence-corrected chi connectivity index (χ2v) is 5.11. The number of rotatable bonds is 4. The van der Waals surface area contributed by atoms with E-state index >= 15 is 0 Å². The molecule has 0 spiro atoms. The molecule has 0 radical (unpaired) electrons. The molecule has 0 saturated carbocycles. The molecule has 1 saturated heterocycles. The Morgan fingerprint density at radius 1 is 1.31 bits per heavy atom. The van der Waals surface area contributed by atoms with E-state index in [0.717, 1.165) is 12.2 Å². The third-order valence-corrected chi connectivity index (χ3v) is 3.79. The van der Waals surface area contributed by atoms with Gasteiger partial charge in [-0.1, -0.05) is 18.2 Å². The van der Waals surface area contributed by atoms with E-state index in [-0.39, 0.29) is 5.92 Å². The largest absolute Gasteiger partial charge is 0.380 e. The first-order valence-electron chi connectivity index (χ1n) is 5.64. The number of carbonyl (C=O) groups excluding carboxylic acids is 1. The van der Waals surface area contributed by atoms with Gasteiger partial charge in [0.15, 0.2) is 0 Å². The predicted molar refractivity (Wildman–Crippen MR) is 65.7 cm³/mol. The summed E-state index contributed by atoms with van der Waals surface area (Å²) >= 11 is 1.81. The van der Waals surface area contributed by atoms with Crippen LogP contribution in [0.3, 0.4) is 0 Å². The zero-order valence-corrected chi connectivity index (χ0v) is 10.0. The molecular weight excluding hydrogens is 220 g/mol. The maximum Gasteiger partial charge on any atom is 0.140 e. The third kappa shape index (κ3) is 3.35. The van der Waals surface area contributed by atoms with Gasteiger partial charge in [0.1, 0.15) is 5.78 Å². The summed E-state index contributed by atoms with van der Waals surface area (Å²) in [6.45, 7) is 1.23. The Bertz CT molecular complexity index is 337. The third-order valence-electron chi connectivity index (χ3n) is 2.75. The summed E-state index contributed by atoms with van der Waals surface area (Å²) in [5.41, 5.74) is 0. The summed E-state index contributed by atoms with van der Waals surface area (Å²) in [5.74, 6) is 1.49. The first kappa shape index (κ1) is 11.7. The number of ether oxygens (including phenoxy) is 1. The number of thioether (sulfide) groups is 1. The van der Waals surface area contributed by atoms with Gasteiger partial charge in [0, 0.05) is 17.2 Å². The average molecular weight is 236 g/mol. The lowest BCUT2D eigenvalue weighted by Gasteiger charge is -2.20. The van der Waals surface area contributed by atoms with Gasteiger partial charge in [-0.3, -0.25) is 4.79 Å². The summed E-state index contributed by atoms with van der Waals surface area (Å²) < 4.78 is 5.33. The highest BCUT2D eigenvalue weighted by Gasteiger charge is 2.22. The lowest BCUT2D eigenvalue weighted by Crippen LogP contribution is -2.27. The quantitative estimate of drug-likeness (QED) is 0.752. The van der Waals surface area contributed by atoms with Gasteiger partial charge in [-0.2, -0.15) is 0 Å². The maximum atomic E-state index is 11.5. The molecule has 0 amide bonds. The van der Waals surface area contributed by atoms with Crippen molar-refractivity contribution >= 4 is 17.5 Å². The molecule has 2 rings (SSSR count). The molecular formula is C13H16O2S. The van der Waals surface area contributed by atoms with Gasteiger partial charge in [0.05, 0.1) is 13.2 Å². The van der Waals surface area contributed by atoms with Gasteiger partial charge >= 0.3 is 0 Å². The molecule has 1 aliphatic heterocycles. The monoisotopic (exact) mass is 236 g/mol. The molecule has 16 heavy (non-hydrogen) atoms. The van der Waals surface area contributed by atoms with Crippen molar-refractivity contribution in [2.45, 2.75) is 17.7 Å². The van der Waals surface area contributed by atoms with E-state index < -0.39 is 0 Å². The second kappa shape index (κ2) is 6.06. The van der Waals surface area contributed by atoms with Crippen LogP contribution in [0.4, 0.5) is 0 Å². The number of ketones is 1. The minimum absolute atomic E-state index is 0.130. The van der Waals surface area contributed by atoms with E-state index in [0.29, 0.717) is 25.4 Å². The molecule has 0 aromatic heterocycles.